The summed E-state index contributed by atoms with van der Waals surface area (Å²) in [6.07, 6.45) is 5.68. The third-order valence-corrected chi connectivity index (χ3v) is 5.89. The highest BCUT2D eigenvalue weighted by Gasteiger charge is 2.24. The molecule has 4 aromatic rings. The first-order valence-electron chi connectivity index (χ1n) is 9.99. The summed E-state index contributed by atoms with van der Waals surface area (Å²) in [5, 5.41) is 9.14. The minimum Gasteiger partial charge on any atom is -0.353 e. The average Bonchev–Trinajstić information content (AvgIpc) is 3.13. The first-order valence-corrected chi connectivity index (χ1v) is 9.99. The third kappa shape index (κ3) is 3.04. The van der Waals surface area contributed by atoms with Gasteiger partial charge in [0.1, 0.15) is 11.6 Å². The second-order valence-electron chi connectivity index (χ2n) is 7.71. The normalized spacial score (nSPS) is 15.4. The molecule has 0 amide bonds. The highest BCUT2D eigenvalue weighted by Crippen LogP contribution is 2.25. The Balaban J connectivity index is 1.35. The van der Waals surface area contributed by atoms with E-state index in [1.165, 1.54) is 0 Å². The fraction of sp³-hybridized carbons (Fsp3) is 0.381. The first-order chi connectivity index (χ1) is 14.1. The Hall–Kier alpha value is -3.29. The van der Waals surface area contributed by atoms with E-state index in [2.05, 4.69) is 25.1 Å². The molecule has 1 aliphatic heterocycles. The minimum absolute atomic E-state index is 0.0564. The molecule has 0 radical (unpaired) electrons. The van der Waals surface area contributed by atoms with Gasteiger partial charge in [0, 0.05) is 32.0 Å². The number of aryl methyl sites for hydroxylation is 2. The van der Waals surface area contributed by atoms with Crippen LogP contribution < -0.4 is 10.5 Å². The van der Waals surface area contributed by atoms with Crippen molar-refractivity contribution in [1.82, 2.24) is 29.1 Å². The van der Waals surface area contributed by atoms with Crippen LogP contribution in [0.4, 0.5) is 5.82 Å². The number of para-hydroxylation sites is 1. The lowest BCUT2D eigenvalue weighted by Crippen LogP contribution is -2.37. The quantitative estimate of drug-likeness (QED) is 0.535. The molecule has 1 saturated heterocycles. The summed E-state index contributed by atoms with van der Waals surface area (Å²) in [5.41, 5.74) is 1.62. The molecule has 0 aliphatic carbocycles. The summed E-state index contributed by atoms with van der Waals surface area (Å²) < 4.78 is 3.81. The van der Waals surface area contributed by atoms with Gasteiger partial charge in [0.05, 0.1) is 10.9 Å². The Morgan fingerprint density at radius 2 is 1.86 bits per heavy atom. The van der Waals surface area contributed by atoms with Gasteiger partial charge in [0.15, 0.2) is 5.82 Å². The van der Waals surface area contributed by atoms with E-state index in [0.29, 0.717) is 17.8 Å². The van der Waals surface area contributed by atoms with Gasteiger partial charge in [-0.3, -0.25) is 13.8 Å². The van der Waals surface area contributed by atoms with E-state index < -0.39 is 0 Å². The molecule has 0 bridgehead atoms. The number of hydrogen-bond acceptors (Lipinski definition) is 6. The Morgan fingerprint density at radius 3 is 2.69 bits per heavy atom. The topological polar surface area (TPSA) is 81.2 Å². The number of benzene rings is 1. The molecule has 1 aliphatic rings. The Labute approximate surface area is 167 Å². The molecule has 0 N–H and O–H groups in total. The molecular formula is C21H23N7O. The van der Waals surface area contributed by atoms with Gasteiger partial charge < -0.3 is 4.90 Å². The molecule has 1 fully saturated rings. The Bertz CT molecular complexity index is 1250. The number of rotatable bonds is 3. The Kier molecular flexibility index (Phi) is 4.26. The molecule has 4 heterocycles. The van der Waals surface area contributed by atoms with Crippen molar-refractivity contribution < 1.29 is 0 Å². The number of hydrogen-bond donors (Lipinski definition) is 0. The first kappa shape index (κ1) is 17.8. The smallest absolute Gasteiger partial charge is 0.261 e. The lowest BCUT2D eigenvalue weighted by molar-refractivity contribution is 0.348. The maximum Gasteiger partial charge on any atom is 0.261 e. The van der Waals surface area contributed by atoms with Crippen molar-refractivity contribution >= 4 is 22.4 Å². The van der Waals surface area contributed by atoms with Crippen LogP contribution in [0.15, 0.2) is 41.5 Å². The third-order valence-electron chi connectivity index (χ3n) is 5.89. The molecule has 0 atom stereocenters. The predicted molar refractivity (Wildman–Crippen MR) is 111 cm³/mol. The van der Waals surface area contributed by atoms with Crippen LogP contribution in [0.2, 0.25) is 0 Å². The molecule has 8 nitrogen and oxygen atoms in total. The van der Waals surface area contributed by atoms with E-state index in [9.17, 15) is 4.79 Å². The van der Waals surface area contributed by atoms with E-state index in [1.807, 2.05) is 53.3 Å². The highest BCUT2D eigenvalue weighted by molar-refractivity contribution is 5.77. The van der Waals surface area contributed by atoms with Gasteiger partial charge in [-0.25, -0.2) is 9.97 Å². The van der Waals surface area contributed by atoms with Crippen LogP contribution in [0, 0.1) is 19.8 Å². The standard InChI is InChI=1S/C21H23N7O/c1-14-23-18-6-4-3-5-17(18)21(29)28(14)13-16-7-10-26(11-8-16)19-20-25-24-15(2)27(20)12-9-22-19/h3-6,9,12,16H,7-8,10-11,13H2,1-2H3. The maximum absolute atomic E-state index is 12.9. The van der Waals surface area contributed by atoms with Crippen LogP contribution in [0.1, 0.15) is 24.5 Å². The van der Waals surface area contributed by atoms with E-state index in [-0.39, 0.29) is 5.56 Å². The molecule has 29 heavy (non-hydrogen) atoms. The van der Waals surface area contributed by atoms with Crippen molar-refractivity contribution in [1.29, 1.82) is 0 Å². The van der Waals surface area contributed by atoms with Crippen LogP contribution >= 0.6 is 0 Å². The lowest BCUT2D eigenvalue weighted by atomic mass is 9.96. The van der Waals surface area contributed by atoms with Crippen molar-refractivity contribution in [2.45, 2.75) is 33.2 Å². The fourth-order valence-electron chi connectivity index (χ4n) is 4.23. The largest absolute Gasteiger partial charge is 0.353 e. The van der Waals surface area contributed by atoms with Crippen molar-refractivity contribution in [3.63, 3.8) is 0 Å². The monoisotopic (exact) mass is 389 g/mol. The van der Waals surface area contributed by atoms with Gasteiger partial charge in [-0.2, -0.15) is 0 Å². The zero-order valence-corrected chi connectivity index (χ0v) is 16.6. The average molecular weight is 389 g/mol. The molecular weight excluding hydrogens is 366 g/mol. The number of nitrogens with zero attached hydrogens (tertiary/aromatic N) is 7. The van der Waals surface area contributed by atoms with Gasteiger partial charge >= 0.3 is 0 Å². The van der Waals surface area contributed by atoms with Gasteiger partial charge in [-0.05, 0) is 44.7 Å². The molecule has 0 spiro atoms. The van der Waals surface area contributed by atoms with E-state index >= 15 is 0 Å². The molecule has 148 valence electrons. The van der Waals surface area contributed by atoms with Crippen molar-refractivity contribution in [2.75, 3.05) is 18.0 Å². The van der Waals surface area contributed by atoms with E-state index in [1.54, 1.807) is 6.20 Å². The van der Waals surface area contributed by atoms with Crippen LogP contribution in [0.5, 0.6) is 0 Å². The summed E-state index contributed by atoms with van der Waals surface area (Å²) in [4.78, 5) is 24.4. The second kappa shape index (κ2) is 6.95. The molecule has 3 aromatic heterocycles. The number of piperidine rings is 1. The minimum atomic E-state index is 0.0564. The fourth-order valence-corrected chi connectivity index (χ4v) is 4.23. The van der Waals surface area contributed by atoms with Gasteiger partial charge in [0.25, 0.3) is 5.56 Å². The second-order valence-corrected chi connectivity index (χ2v) is 7.71. The SMILES string of the molecule is Cc1nc2ccccc2c(=O)n1CC1CCN(c2nccn3c(C)nnc23)CC1. The summed E-state index contributed by atoms with van der Waals surface area (Å²) in [5.74, 6) is 2.95. The van der Waals surface area contributed by atoms with Crippen molar-refractivity contribution in [3.8, 4) is 0 Å². The predicted octanol–water partition coefficient (Wildman–Crippen LogP) is 2.37. The van der Waals surface area contributed by atoms with E-state index in [4.69, 9.17) is 0 Å². The summed E-state index contributed by atoms with van der Waals surface area (Å²) in [6.45, 7) is 6.34. The van der Waals surface area contributed by atoms with Gasteiger partial charge in [0.2, 0.25) is 5.65 Å². The number of aromatic nitrogens is 6. The molecule has 8 heteroatoms. The van der Waals surface area contributed by atoms with Gasteiger partial charge in [-0.15, -0.1) is 10.2 Å². The van der Waals surface area contributed by atoms with E-state index in [0.717, 1.165) is 54.6 Å². The molecule has 0 saturated carbocycles. The van der Waals surface area contributed by atoms with Crippen LogP contribution in [-0.4, -0.2) is 42.2 Å². The molecule has 5 rings (SSSR count). The summed E-state index contributed by atoms with van der Waals surface area (Å²) in [6, 6.07) is 7.56. The van der Waals surface area contributed by atoms with Crippen LogP contribution in [0.3, 0.4) is 0 Å². The maximum atomic E-state index is 12.9. The number of anilines is 1. The molecule has 0 unspecified atom stereocenters. The summed E-state index contributed by atoms with van der Waals surface area (Å²) in [7, 11) is 0. The van der Waals surface area contributed by atoms with Gasteiger partial charge in [-0.1, -0.05) is 12.1 Å². The number of fused-ring (bicyclic) bond motifs is 2. The lowest BCUT2D eigenvalue weighted by Gasteiger charge is -2.33. The highest BCUT2D eigenvalue weighted by atomic mass is 16.1. The Morgan fingerprint density at radius 1 is 1.07 bits per heavy atom. The van der Waals surface area contributed by atoms with Crippen molar-refractivity contribution in [2.24, 2.45) is 5.92 Å². The van der Waals surface area contributed by atoms with Crippen LogP contribution in [0.25, 0.3) is 16.6 Å². The van der Waals surface area contributed by atoms with Crippen molar-refractivity contribution in [3.05, 3.63) is 58.7 Å². The zero-order valence-electron chi connectivity index (χ0n) is 16.6. The van der Waals surface area contributed by atoms with Crippen LogP contribution in [-0.2, 0) is 6.54 Å². The molecule has 1 aromatic carbocycles. The summed E-state index contributed by atoms with van der Waals surface area (Å²) >= 11 is 0. The zero-order chi connectivity index (χ0) is 20.0.